The molecule has 1 aromatic carbocycles. The molecule has 0 N–H and O–H groups in total. The SMILES string of the molecule is CN1CCN(C(=O)c2cc3c(s2)-c2ccccc2SC3)CC1. The van der Waals surface area contributed by atoms with Crippen LogP contribution < -0.4 is 0 Å². The lowest BCUT2D eigenvalue weighted by Crippen LogP contribution is -2.46. The van der Waals surface area contributed by atoms with Crippen LogP contribution in [0.3, 0.4) is 0 Å². The standard InChI is InChI=1S/C17H18N2OS2/c1-18-6-8-19(9-7-18)17(20)15-10-12-11-21-14-5-3-2-4-13(14)16(12)22-15/h2-5,10H,6-9,11H2,1H3. The first-order valence-corrected chi connectivity index (χ1v) is 9.35. The molecule has 2 aliphatic rings. The second kappa shape index (κ2) is 5.72. The molecule has 114 valence electrons. The topological polar surface area (TPSA) is 23.6 Å². The lowest BCUT2D eigenvalue weighted by molar-refractivity contribution is 0.0669. The smallest absolute Gasteiger partial charge is 0.264 e. The molecule has 1 saturated heterocycles. The number of amides is 1. The number of piperazine rings is 1. The quantitative estimate of drug-likeness (QED) is 0.800. The summed E-state index contributed by atoms with van der Waals surface area (Å²) in [5.41, 5.74) is 2.60. The van der Waals surface area contributed by atoms with Crippen LogP contribution in [0, 0.1) is 0 Å². The first kappa shape index (κ1) is 14.3. The van der Waals surface area contributed by atoms with Crippen LogP contribution in [0.2, 0.25) is 0 Å². The normalized spacial score (nSPS) is 18.0. The fourth-order valence-electron chi connectivity index (χ4n) is 2.97. The van der Waals surface area contributed by atoms with Gasteiger partial charge in [0.05, 0.1) is 4.88 Å². The molecular formula is C17H18N2OS2. The highest BCUT2D eigenvalue weighted by Gasteiger charge is 2.25. The van der Waals surface area contributed by atoms with Crippen LogP contribution in [-0.2, 0) is 5.75 Å². The molecule has 0 unspecified atom stereocenters. The number of rotatable bonds is 1. The Kier molecular flexibility index (Phi) is 3.72. The number of thioether (sulfide) groups is 1. The van der Waals surface area contributed by atoms with Crippen molar-refractivity contribution in [2.45, 2.75) is 10.6 Å². The molecule has 1 fully saturated rings. The molecule has 0 aliphatic carbocycles. The van der Waals surface area contributed by atoms with Crippen LogP contribution in [0.25, 0.3) is 10.4 Å². The lowest BCUT2D eigenvalue weighted by atomic mass is 10.1. The van der Waals surface area contributed by atoms with Crippen molar-refractivity contribution in [3.63, 3.8) is 0 Å². The Bertz CT molecular complexity index is 717. The molecule has 22 heavy (non-hydrogen) atoms. The molecule has 4 rings (SSSR count). The van der Waals surface area contributed by atoms with Crippen LogP contribution in [0.15, 0.2) is 35.2 Å². The van der Waals surface area contributed by atoms with E-state index in [0.29, 0.717) is 0 Å². The molecule has 0 atom stereocenters. The van der Waals surface area contributed by atoms with Crippen molar-refractivity contribution in [1.29, 1.82) is 0 Å². The Hall–Kier alpha value is -1.30. The van der Waals surface area contributed by atoms with E-state index in [1.54, 1.807) is 11.3 Å². The fraction of sp³-hybridized carbons (Fsp3) is 0.353. The second-order valence-corrected chi connectivity index (χ2v) is 7.91. The number of fused-ring (bicyclic) bond motifs is 3. The van der Waals surface area contributed by atoms with Gasteiger partial charge in [-0.3, -0.25) is 4.79 Å². The summed E-state index contributed by atoms with van der Waals surface area (Å²) in [7, 11) is 2.11. The third-order valence-electron chi connectivity index (χ3n) is 4.33. The van der Waals surface area contributed by atoms with Gasteiger partial charge in [-0.2, -0.15) is 0 Å². The van der Waals surface area contributed by atoms with E-state index in [2.05, 4.69) is 42.3 Å². The number of hydrogen-bond acceptors (Lipinski definition) is 4. The molecule has 3 nitrogen and oxygen atoms in total. The molecule has 0 bridgehead atoms. The second-order valence-electron chi connectivity index (χ2n) is 5.85. The maximum atomic E-state index is 12.7. The Labute approximate surface area is 138 Å². The van der Waals surface area contributed by atoms with Crippen molar-refractivity contribution in [2.24, 2.45) is 0 Å². The summed E-state index contributed by atoms with van der Waals surface area (Å²) in [6, 6.07) is 10.6. The Morgan fingerprint density at radius 2 is 1.91 bits per heavy atom. The largest absolute Gasteiger partial charge is 0.335 e. The lowest BCUT2D eigenvalue weighted by Gasteiger charge is -2.32. The number of carbonyl (C=O) groups is 1. The van der Waals surface area contributed by atoms with Crippen molar-refractivity contribution < 1.29 is 4.79 Å². The number of carbonyl (C=O) groups excluding carboxylic acids is 1. The summed E-state index contributed by atoms with van der Waals surface area (Å²) in [4.78, 5) is 20.5. The third kappa shape index (κ3) is 2.47. The molecule has 1 aromatic heterocycles. The minimum atomic E-state index is 0.204. The van der Waals surface area contributed by atoms with Gasteiger partial charge in [0.15, 0.2) is 0 Å². The van der Waals surface area contributed by atoms with Crippen molar-refractivity contribution in [2.75, 3.05) is 33.2 Å². The van der Waals surface area contributed by atoms with E-state index in [1.165, 1.54) is 20.9 Å². The zero-order valence-corrected chi connectivity index (χ0v) is 14.2. The van der Waals surface area contributed by atoms with Gasteiger partial charge in [0.2, 0.25) is 0 Å². The summed E-state index contributed by atoms with van der Waals surface area (Å²) in [5, 5.41) is 0. The molecule has 1 amide bonds. The summed E-state index contributed by atoms with van der Waals surface area (Å²) < 4.78 is 0. The van der Waals surface area contributed by atoms with Gasteiger partial charge in [0.25, 0.3) is 5.91 Å². The van der Waals surface area contributed by atoms with Crippen molar-refractivity contribution in [3.05, 3.63) is 40.8 Å². The first-order valence-electron chi connectivity index (χ1n) is 7.55. The monoisotopic (exact) mass is 330 g/mol. The van der Waals surface area contributed by atoms with Gasteiger partial charge in [-0.15, -0.1) is 23.1 Å². The number of thiophene rings is 1. The highest BCUT2D eigenvalue weighted by atomic mass is 32.2. The molecule has 0 saturated carbocycles. The van der Waals surface area contributed by atoms with Crippen LogP contribution in [0.5, 0.6) is 0 Å². The minimum Gasteiger partial charge on any atom is -0.335 e. The molecule has 5 heteroatoms. The van der Waals surface area contributed by atoms with Gasteiger partial charge in [0, 0.05) is 47.3 Å². The predicted octanol–water partition coefficient (Wildman–Crippen LogP) is 3.41. The average Bonchev–Trinajstić information content (AvgIpc) is 2.99. The van der Waals surface area contributed by atoms with E-state index >= 15 is 0 Å². The molecular weight excluding hydrogens is 312 g/mol. The van der Waals surface area contributed by atoms with Crippen molar-refractivity contribution in [3.8, 4) is 10.4 Å². The summed E-state index contributed by atoms with van der Waals surface area (Å²) in [6.07, 6.45) is 0. The fourth-order valence-corrected chi connectivity index (χ4v) is 5.35. The number of hydrogen-bond donors (Lipinski definition) is 0. The Morgan fingerprint density at radius 3 is 2.73 bits per heavy atom. The maximum absolute atomic E-state index is 12.7. The first-order chi connectivity index (χ1) is 10.7. The van der Waals surface area contributed by atoms with Gasteiger partial charge in [-0.1, -0.05) is 18.2 Å². The van der Waals surface area contributed by atoms with E-state index in [4.69, 9.17) is 0 Å². The van der Waals surface area contributed by atoms with Crippen LogP contribution >= 0.6 is 23.1 Å². The van der Waals surface area contributed by atoms with Crippen LogP contribution in [0.4, 0.5) is 0 Å². The highest BCUT2D eigenvalue weighted by Crippen LogP contribution is 2.45. The van der Waals surface area contributed by atoms with Gasteiger partial charge in [-0.25, -0.2) is 0 Å². The zero-order chi connectivity index (χ0) is 15.1. The Balaban J connectivity index is 1.63. The van der Waals surface area contributed by atoms with Crippen molar-refractivity contribution >= 4 is 29.0 Å². The zero-order valence-electron chi connectivity index (χ0n) is 12.5. The van der Waals surface area contributed by atoms with Crippen molar-refractivity contribution in [1.82, 2.24) is 9.80 Å². The molecule has 3 heterocycles. The number of likely N-dealkylation sites (N-methyl/N-ethyl adjacent to an activating group) is 1. The van der Waals surface area contributed by atoms with E-state index in [-0.39, 0.29) is 5.91 Å². The third-order valence-corrected chi connectivity index (χ3v) is 6.65. The summed E-state index contributed by atoms with van der Waals surface area (Å²) in [6.45, 7) is 3.61. The van der Waals surface area contributed by atoms with E-state index in [9.17, 15) is 4.79 Å². The number of benzene rings is 1. The molecule has 2 aliphatic heterocycles. The highest BCUT2D eigenvalue weighted by molar-refractivity contribution is 7.98. The van der Waals surface area contributed by atoms with Gasteiger partial charge >= 0.3 is 0 Å². The van der Waals surface area contributed by atoms with Crippen LogP contribution in [-0.4, -0.2) is 48.9 Å². The van der Waals surface area contributed by atoms with Gasteiger partial charge in [0.1, 0.15) is 0 Å². The predicted molar refractivity (Wildman–Crippen MR) is 92.7 cm³/mol. The number of nitrogens with zero attached hydrogens (tertiary/aromatic N) is 2. The van der Waals surface area contributed by atoms with E-state index in [0.717, 1.165) is 36.8 Å². The van der Waals surface area contributed by atoms with E-state index in [1.807, 2.05) is 16.7 Å². The summed E-state index contributed by atoms with van der Waals surface area (Å²) >= 11 is 3.53. The summed E-state index contributed by atoms with van der Waals surface area (Å²) in [5.74, 6) is 1.17. The molecule has 0 spiro atoms. The Morgan fingerprint density at radius 1 is 1.14 bits per heavy atom. The molecule has 2 aromatic rings. The van der Waals surface area contributed by atoms with Crippen LogP contribution in [0.1, 0.15) is 15.2 Å². The maximum Gasteiger partial charge on any atom is 0.264 e. The molecule has 0 radical (unpaired) electrons. The average molecular weight is 330 g/mol. The van der Waals surface area contributed by atoms with Gasteiger partial charge in [-0.05, 0) is 24.7 Å². The van der Waals surface area contributed by atoms with E-state index < -0.39 is 0 Å². The van der Waals surface area contributed by atoms with Gasteiger partial charge < -0.3 is 9.80 Å². The minimum absolute atomic E-state index is 0.204.